The number of Topliss-reactive ketones (excluding diaryl/α,β-unsaturated/α-hetero) is 1. The van der Waals surface area contributed by atoms with Crippen molar-refractivity contribution in [2.24, 2.45) is 5.92 Å². The fraction of sp³-hybridized carbons (Fsp3) is 0.400. The summed E-state index contributed by atoms with van der Waals surface area (Å²) in [6, 6.07) is 8.81. The van der Waals surface area contributed by atoms with E-state index in [0.29, 0.717) is 35.9 Å². The summed E-state index contributed by atoms with van der Waals surface area (Å²) in [6.45, 7) is 1.23. The third-order valence-corrected chi connectivity index (χ3v) is 5.47. The zero-order valence-electron chi connectivity index (χ0n) is 15.1. The van der Waals surface area contributed by atoms with Gasteiger partial charge in [0.25, 0.3) is 5.91 Å². The molecular formula is C20H21NO5S. The second-order valence-corrected chi connectivity index (χ2v) is 7.59. The molecule has 0 aliphatic carbocycles. The predicted octanol–water partition coefficient (Wildman–Crippen LogP) is 3.61. The molecule has 0 spiro atoms. The normalized spacial score (nSPS) is 18.6. The van der Waals surface area contributed by atoms with Gasteiger partial charge in [-0.05, 0) is 49.4 Å². The van der Waals surface area contributed by atoms with Crippen molar-refractivity contribution in [2.75, 3.05) is 26.1 Å². The van der Waals surface area contributed by atoms with Crippen LogP contribution in [0.15, 0.2) is 34.7 Å². The Morgan fingerprint density at radius 3 is 2.89 bits per heavy atom. The number of ether oxygens (including phenoxy) is 2. The highest BCUT2D eigenvalue weighted by atomic mass is 32.2. The number of piperidine rings is 1. The summed E-state index contributed by atoms with van der Waals surface area (Å²) in [6.07, 6.45) is 3.55. The maximum absolute atomic E-state index is 12.9. The summed E-state index contributed by atoms with van der Waals surface area (Å²) >= 11 is 1.64. The van der Waals surface area contributed by atoms with Gasteiger partial charge in [-0.3, -0.25) is 9.59 Å². The van der Waals surface area contributed by atoms with Crippen LogP contribution in [0.25, 0.3) is 0 Å². The number of amides is 1. The summed E-state index contributed by atoms with van der Waals surface area (Å²) < 4.78 is 16.3. The average Bonchev–Trinajstić information content (AvgIpc) is 3.36. The van der Waals surface area contributed by atoms with E-state index in [2.05, 4.69) is 0 Å². The summed E-state index contributed by atoms with van der Waals surface area (Å²) in [5.74, 6) is 2.79. The fourth-order valence-electron chi connectivity index (χ4n) is 3.53. The molecule has 0 radical (unpaired) electrons. The van der Waals surface area contributed by atoms with Crippen molar-refractivity contribution in [1.82, 2.24) is 4.90 Å². The molecule has 1 aromatic carbocycles. The number of nitrogens with zero attached hydrogens (tertiary/aromatic N) is 1. The summed E-state index contributed by atoms with van der Waals surface area (Å²) in [5, 5.41) is 0. The van der Waals surface area contributed by atoms with E-state index in [9.17, 15) is 9.59 Å². The Kier molecular flexibility index (Phi) is 5.11. The van der Waals surface area contributed by atoms with Gasteiger partial charge >= 0.3 is 0 Å². The Labute approximate surface area is 161 Å². The Morgan fingerprint density at radius 1 is 1.19 bits per heavy atom. The highest BCUT2D eigenvalue weighted by Gasteiger charge is 2.31. The number of rotatable bonds is 5. The number of fused-ring (bicyclic) bond motifs is 1. The Morgan fingerprint density at radius 2 is 2.04 bits per heavy atom. The average molecular weight is 387 g/mol. The smallest absolute Gasteiger partial charge is 0.289 e. The van der Waals surface area contributed by atoms with Crippen LogP contribution < -0.4 is 9.47 Å². The number of thioether (sulfide) groups is 1. The first-order chi connectivity index (χ1) is 13.2. The first-order valence-corrected chi connectivity index (χ1v) is 10.4. The van der Waals surface area contributed by atoms with E-state index in [1.165, 1.54) is 0 Å². The topological polar surface area (TPSA) is 69.0 Å². The molecule has 2 aliphatic rings. The van der Waals surface area contributed by atoms with Crippen LogP contribution in [0.3, 0.4) is 0 Å². The lowest BCUT2D eigenvalue weighted by molar-refractivity contribution is 0.0609. The highest BCUT2D eigenvalue weighted by Crippen LogP contribution is 2.34. The van der Waals surface area contributed by atoms with Crippen molar-refractivity contribution in [3.05, 3.63) is 47.4 Å². The summed E-state index contributed by atoms with van der Waals surface area (Å²) in [4.78, 5) is 27.4. The second kappa shape index (κ2) is 7.68. The van der Waals surface area contributed by atoms with Crippen LogP contribution in [0.2, 0.25) is 0 Å². The van der Waals surface area contributed by atoms with Gasteiger partial charge in [0.1, 0.15) is 5.76 Å². The van der Waals surface area contributed by atoms with Crippen molar-refractivity contribution in [1.29, 1.82) is 0 Å². The van der Waals surface area contributed by atoms with E-state index < -0.39 is 0 Å². The van der Waals surface area contributed by atoms with Crippen molar-refractivity contribution in [2.45, 2.75) is 18.6 Å². The number of carbonyl (C=O) groups excluding carboxylic acids is 2. The molecular weight excluding hydrogens is 366 g/mol. The van der Waals surface area contributed by atoms with E-state index in [4.69, 9.17) is 13.9 Å². The van der Waals surface area contributed by atoms with Crippen molar-refractivity contribution in [3.8, 4) is 11.5 Å². The number of benzene rings is 1. The molecule has 7 heteroatoms. The predicted molar refractivity (Wildman–Crippen MR) is 101 cm³/mol. The van der Waals surface area contributed by atoms with Gasteiger partial charge in [0.15, 0.2) is 23.0 Å². The monoisotopic (exact) mass is 387 g/mol. The van der Waals surface area contributed by atoms with Crippen LogP contribution in [-0.4, -0.2) is 42.7 Å². The van der Waals surface area contributed by atoms with E-state index in [1.807, 2.05) is 12.3 Å². The first kappa shape index (κ1) is 18.0. The molecule has 1 amide bonds. The summed E-state index contributed by atoms with van der Waals surface area (Å²) in [7, 11) is 0. The molecule has 3 heterocycles. The molecule has 1 fully saturated rings. The third kappa shape index (κ3) is 3.69. The van der Waals surface area contributed by atoms with Crippen molar-refractivity contribution in [3.63, 3.8) is 0 Å². The Balaban J connectivity index is 1.45. The maximum Gasteiger partial charge on any atom is 0.289 e. The van der Waals surface area contributed by atoms with E-state index in [1.54, 1.807) is 40.9 Å². The SMILES string of the molecule is CSCc1ccc(C(=O)N2CCC[C@@H](C(=O)c3ccc4c(c3)OCO4)C2)o1. The molecule has 27 heavy (non-hydrogen) atoms. The lowest BCUT2D eigenvalue weighted by Gasteiger charge is -2.31. The second-order valence-electron chi connectivity index (χ2n) is 6.72. The molecule has 6 nitrogen and oxygen atoms in total. The minimum absolute atomic E-state index is 0.0355. The van der Waals surface area contributed by atoms with Gasteiger partial charge < -0.3 is 18.8 Å². The van der Waals surface area contributed by atoms with Gasteiger partial charge in [0.2, 0.25) is 6.79 Å². The van der Waals surface area contributed by atoms with Gasteiger partial charge in [-0.15, -0.1) is 0 Å². The van der Waals surface area contributed by atoms with E-state index in [-0.39, 0.29) is 24.4 Å². The molecule has 4 rings (SSSR count). The zero-order chi connectivity index (χ0) is 18.8. The van der Waals surface area contributed by atoms with Gasteiger partial charge in [-0.2, -0.15) is 11.8 Å². The highest BCUT2D eigenvalue weighted by molar-refractivity contribution is 7.97. The first-order valence-electron chi connectivity index (χ1n) is 8.96. The van der Waals surface area contributed by atoms with Gasteiger partial charge in [-0.25, -0.2) is 0 Å². The number of ketones is 1. The van der Waals surface area contributed by atoms with E-state index in [0.717, 1.165) is 24.4 Å². The standard InChI is InChI=1S/C20H21NO5S/c1-27-11-15-5-7-17(26-15)20(23)21-8-2-3-14(10-21)19(22)13-4-6-16-18(9-13)25-12-24-16/h4-7,9,14H,2-3,8,10-12H2,1H3/t14-/m1/s1. The van der Waals surface area contributed by atoms with Gasteiger partial charge in [0.05, 0.1) is 5.75 Å². The molecule has 0 bridgehead atoms. The van der Waals surface area contributed by atoms with Crippen LogP contribution >= 0.6 is 11.8 Å². The fourth-order valence-corrected chi connectivity index (χ4v) is 3.97. The molecule has 1 saturated heterocycles. The number of furan rings is 1. The third-order valence-electron chi connectivity index (χ3n) is 4.90. The largest absolute Gasteiger partial charge is 0.455 e. The molecule has 142 valence electrons. The van der Waals surface area contributed by atoms with Crippen LogP contribution in [-0.2, 0) is 5.75 Å². The van der Waals surface area contributed by atoms with Gasteiger partial charge in [0, 0.05) is 24.6 Å². The van der Waals surface area contributed by atoms with Crippen molar-refractivity contribution < 1.29 is 23.5 Å². The summed E-state index contributed by atoms with van der Waals surface area (Å²) in [5.41, 5.74) is 0.596. The van der Waals surface area contributed by atoms with Crippen molar-refractivity contribution >= 4 is 23.5 Å². The Hall–Kier alpha value is -2.41. The molecule has 0 N–H and O–H groups in total. The molecule has 0 unspecified atom stereocenters. The number of likely N-dealkylation sites (tertiary alicyclic amines) is 1. The zero-order valence-corrected chi connectivity index (χ0v) is 15.9. The minimum atomic E-state index is -0.219. The molecule has 2 aromatic rings. The lowest BCUT2D eigenvalue weighted by Crippen LogP contribution is -2.42. The lowest BCUT2D eigenvalue weighted by atomic mass is 9.89. The van der Waals surface area contributed by atoms with Crippen LogP contribution in [0.5, 0.6) is 11.5 Å². The minimum Gasteiger partial charge on any atom is -0.455 e. The Bertz CT molecular complexity index is 862. The van der Waals surface area contributed by atoms with Crippen LogP contribution in [0, 0.1) is 5.92 Å². The molecule has 2 aliphatic heterocycles. The number of hydrogen-bond acceptors (Lipinski definition) is 6. The van der Waals surface area contributed by atoms with E-state index >= 15 is 0 Å². The number of carbonyl (C=O) groups is 2. The number of hydrogen-bond donors (Lipinski definition) is 0. The molecule has 1 atom stereocenters. The molecule has 0 saturated carbocycles. The quantitative estimate of drug-likeness (QED) is 0.730. The van der Waals surface area contributed by atoms with Gasteiger partial charge in [-0.1, -0.05) is 0 Å². The van der Waals surface area contributed by atoms with Crippen LogP contribution in [0.4, 0.5) is 0 Å². The van der Waals surface area contributed by atoms with Crippen LogP contribution in [0.1, 0.15) is 39.5 Å². The molecule has 1 aromatic heterocycles. The maximum atomic E-state index is 12.9.